The number of fused-ring (bicyclic) bond motifs is 1. The fraction of sp³-hybridized carbons (Fsp3) is 0.765. The summed E-state index contributed by atoms with van der Waals surface area (Å²) in [6.07, 6.45) is 5.15. The minimum Gasteiger partial charge on any atom is -0.329 e. The molecule has 20 heavy (non-hydrogen) atoms. The second-order valence-electron chi connectivity index (χ2n) is 7.01. The summed E-state index contributed by atoms with van der Waals surface area (Å²) in [5, 5.41) is 2.26. The van der Waals surface area contributed by atoms with Crippen LogP contribution in [0.4, 0.5) is 0 Å². The normalized spacial score (nSPS) is 38.7. The molecule has 1 aromatic heterocycles. The molecule has 2 aliphatic rings. The molecule has 1 saturated carbocycles. The number of thiophene rings is 1. The molecule has 0 radical (unpaired) electrons. The molecular weight excluding hydrogens is 264 g/mol. The second kappa shape index (κ2) is 5.43. The lowest BCUT2D eigenvalue weighted by Gasteiger charge is -2.55. The van der Waals surface area contributed by atoms with Crippen molar-refractivity contribution in [2.24, 2.45) is 17.6 Å². The van der Waals surface area contributed by atoms with Crippen molar-refractivity contribution >= 4 is 11.3 Å². The minimum atomic E-state index is 0.228. The van der Waals surface area contributed by atoms with Crippen LogP contribution in [0.25, 0.3) is 0 Å². The topological polar surface area (TPSA) is 29.3 Å². The van der Waals surface area contributed by atoms with Gasteiger partial charge in [-0.2, -0.15) is 0 Å². The monoisotopic (exact) mass is 292 g/mol. The van der Waals surface area contributed by atoms with Crippen molar-refractivity contribution in [3.63, 3.8) is 0 Å². The summed E-state index contributed by atoms with van der Waals surface area (Å²) in [6, 6.07) is 2.86. The maximum atomic E-state index is 6.32. The zero-order valence-electron chi connectivity index (χ0n) is 13.1. The molecule has 0 aromatic carbocycles. The van der Waals surface area contributed by atoms with Crippen LogP contribution in [-0.4, -0.2) is 23.5 Å². The van der Waals surface area contributed by atoms with E-state index < -0.39 is 0 Å². The Kier molecular flexibility index (Phi) is 3.95. The molecule has 112 valence electrons. The van der Waals surface area contributed by atoms with Gasteiger partial charge in [-0.1, -0.05) is 13.8 Å². The molecule has 2 nitrogen and oxygen atoms in total. The van der Waals surface area contributed by atoms with E-state index in [1.165, 1.54) is 32.2 Å². The molecule has 1 fully saturated rings. The predicted octanol–water partition coefficient (Wildman–Crippen LogP) is 3.82. The van der Waals surface area contributed by atoms with Gasteiger partial charge in [0.25, 0.3) is 0 Å². The van der Waals surface area contributed by atoms with Crippen LogP contribution in [0.15, 0.2) is 11.4 Å². The molecule has 0 saturated heterocycles. The van der Waals surface area contributed by atoms with Crippen molar-refractivity contribution in [1.82, 2.24) is 4.90 Å². The van der Waals surface area contributed by atoms with Gasteiger partial charge >= 0.3 is 0 Å². The number of hydrogen-bond donors (Lipinski definition) is 1. The Labute approximate surface area is 127 Å². The maximum Gasteiger partial charge on any atom is 0.0363 e. The fourth-order valence-electron chi connectivity index (χ4n) is 4.65. The molecule has 4 atom stereocenters. The van der Waals surface area contributed by atoms with Crippen molar-refractivity contribution in [3.05, 3.63) is 21.9 Å². The van der Waals surface area contributed by atoms with Gasteiger partial charge in [-0.3, -0.25) is 4.90 Å². The Morgan fingerprint density at radius 1 is 1.40 bits per heavy atom. The van der Waals surface area contributed by atoms with Gasteiger partial charge < -0.3 is 5.73 Å². The van der Waals surface area contributed by atoms with E-state index in [0.717, 1.165) is 12.5 Å². The van der Waals surface area contributed by atoms with Gasteiger partial charge in [0.2, 0.25) is 0 Å². The summed E-state index contributed by atoms with van der Waals surface area (Å²) < 4.78 is 0. The summed E-state index contributed by atoms with van der Waals surface area (Å²) >= 11 is 1.93. The highest BCUT2D eigenvalue weighted by Crippen LogP contribution is 2.46. The van der Waals surface area contributed by atoms with Gasteiger partial charge in [-0.25, -0.2) is 0 Å². The molecule has 4 unspecified atom stereocenters. The van der Waals surface area contributed by atoms with E-state index in [4.69, 9.17) is 5.73 Å². The lowest BCUT2D eigenvalue weighted by atomic mass is 9.68. The quantitative estimate of drug-likeness (QED) is 0.898. The fourth-order valence-corrected chi connectivity index (χ4v) is 5.61. The van der Waals surface area contributed by atoms with Crippen LogP contribution in [0.1, 0.15) is 56.5 Å². The molecule has 0 spiro atoms. The first-order valence-corrected chi connectivity index (χ1v) is 8.99. The largest absolute Gasteiger partial charge is 0.329 e. The van der Waals surface area contributed by atoms with E-state index in [2.05, 4.69) is 37.1 Å². The smallest absolute Gasteiger partial charge is 0.0363 e. The standard InChI is InChI=1S/C17H28N2S/c1-12-4-7-17(11-18,13(2)10-12)19-8-5-16-15(14(19)3)6-9-20-16/h6,9,12-14H,4-5,7-8,10-11,18H2,1-3H3. The third-order valence-corrected chi connectivity index (χ3v) is 6.94. The summed E-state index contributed by atoms with van der Waals surface area (Å²) in [5.74, 6) is 1.57. The van der Waals surface area contributed by atoms with Crippen molar-refractivity contribution in [1.29, 1.82) is 0 Å². The Morgan fingerprint density at radius 3 is 2.90 bits per heavy atom. The third kappa shape index (κ3) is 2.15. The average Bonchev–Trinajstić information content (AvgIpc) is 2.90. The molecule has 1 aliphatic heterocycles. The molecule has 3 rings (SSSR count). The van der Waals surface area contributed by atoms with Crippen LogP contribution in [0.3, 0.4) is 0 Å². The first-order valence-electron chi connectivity index (χ1n) is 8.11. The van der Waals surface area contributed by atoms with Gasteiger partial charge in [0.15, 0.2) is 0 Å². The van der Waals surface area contributed by atoms with Gasteiger partial charge in [-0.05, 0) is 61.5 Å². The molecule has 0 amide bonds. The van der Waals surface area contributed by atoms with E-state index in [-0.39, 0.29) is 5.54 Å². The SMILES string of the molecule is CC1CCC(CN)(N2CCc3sccc3C2C)C(C)C1. The van der Waals surface area contributed by atoms with Crippen LogP contribution < -0.4 is 5.73 Å². The van der Waals surface area contributed by atoms with Crippen molar-refractivity contribution in [2.45, 2.75) is 58.0 Å². The van der Waals surface area contributed by atoms with E-state index in [9.17, 15) is 0 Å². The Morgan fingerprint density at radius 2 is 2.20 bits per heavy atom. The highest BCUT2D eigenvalue weighted by Gasteiger charge is 2.46. The lowest BCUT2D eigenvalue weighted by Crippen LogP contribution is -2.61. The van der Waals surface area contributed by atoms with Crippen molar-refractivity contribution in [3.8, 4) is 0 Å². The van der Waals surface area contributed by atoms with Crippen LogP contribution in [0.5, 0.6) is 0 Å². The molecule has 2 N–H and O–H groups in total. The van der Waals surface area contributed by atoms with E-state index in [1.54, 1.807) is 10.4 Å². The zero-order valence-corrected chi connectivity index (χ0v) is 13.9. The molecule has 2 heterocycles. The predicted molar refractivity (Wildman–Crippen MR) is 87.1 cm³/mol. The molecular formula is C17H28N2S. The number of rotatable bonds is 2. The van der Waals surface area contributed by atoms with Gasteiger partial charge in [0.1, 0.15) is 0 Å². The molecule has 3 heteroatoms. The first kappa shape index (κ1) is 14.6. The highest BCUT2D eigenvalue weighted by atomic mass is 32.1. The van der Waals surface area contributed by atoms with Gasteiger partial charge in [-0.15, -0.1) is 11.3 Å². The first-order chi connectivity index (χ1) is 9.58. The van der Waals surface area contributed by atoms with Crippen LogP contribution in [0, 0.1) is 11.8 Å². The lowest BCUT2D eigenvalue weighted by molar-refractivity contribution is -0.0295. The highest BCUT2D eigenvalue weighted by molar-refractivity contribution is 7.10. The van der Waals surface area contributed by atoms with Crippen LogP contribution in [-0.2, 0) is 6.42 Å². The average molecular weight is 292 g/mol. The molecule has 1 aromatic rings. The number of nitrogens with two attached hydrogens (primary N) is 1. The summed E-state index contributed by atoms with van der Waals surface area (Å²) in [7, 11) is 0. The molecule has 0 bridgehead atoms. The van der Waals surface area contributed by atoms with Crippen LogP contribution >= 0.6 is 11.3 Å². The Hall–Kier alpha value is -0.380. The van der Waals surface area contributed by atoms with E-state index in [1.807, 2.05) is 11.3 Å². The Bertz CT molecular complexity index is 469. The number of hydrogen-bond acceptors (Lipinski definition) is 3. The van der Waals surface area contributed by atoms with Gasteiger partial charge in [0.05, 0.1) is 0 Å². The van der Waals surface area contributed by atoms with Crippen molar-refractivity contribution < 1.29 is 0 Å². The van der Waals surface area contributed by atoms with E-state index in [0.29, 0.717) is 12.0 Å². The van der Waals surface area contributed by atoms with Crippen molar-refractivity contribution in [2.75, 3.05) is 13.1 Å². The maximum absolute atomic E-state index is 6.32. The third-order valence-electron chi connectivity index (χ3n) is 5.95. The van der Waals surface area contributed by atoms with Gasteiger partial charge in [0, 0.05) is 29.5 Å². The molecule has 1 aliphatic carbocycles. The number of nitrogens with zero attached hydrogens (tertiary/aromatic N) is 1. The van der Waals surface area contributed by atoms with E-state index >= 15 is 0 Å². The summed E-state index contributed by atoms with van der Waals surface area (Å²) in [6.45, 7) is 9.20. The zero-order chi connectivity index (χ0) is 14.3. The Balaban J connectivity index is 1.90. The van der Waals surface area contributed by atoms with Crippen LogP contribution in [0.2, 0.25) is 0 Å². The minimum absolute atomic E-state index is 0.228. The summed E-state index contributed by atoms with van der Waals surface area (Å²) in [5.41, 5.74) is 8.11. The second-order valence-corrected chi connectivity index (χ2v) is 8.01. The summed E-state index contributed by atoms with van der Waals surface area (Å²) in [4.78, 5) is 4.34.